The number of carbonyl (C=O) groups excluding carboxylic acids is 1. The van der Waals surface area contributed by atoms with Crippen molar-refractivity contribution in [2.45, 2.75) is 24.1 Å². The van der Waals surface area contributed by atoms with Gasteiger partial charge in [-0.2, -0.15) is 0 Å². The second-order valence-corrected chi connectivity index (χ2v) is 7.02. The number of sulfonamides is 1. The van der Waals surface area contributed by atoms with E-state index in [1.54, 1.807) is 0 Å². The lowest BCUT2D eigenvalue weighted by molar-refractivity contribution is -0.274. The van der Waals surface area contributed by atoms with Crippen molar-refractivity contribution in [3.8, 4) is 5.75 Å². The fourth-order valence-electron chi connectivity index (χ4n) is 2.23. The fourth-order valence-corrected chi connectivity index (χ4v) is 3.63. The van der Waals surface area contributed by atoms with E-state index in [2.05, 4.69) is 19.5 Å². The quantitative estimate of drug-likeness (QED) is 0.760. The van der Waals surface area contributed by atoms with Crippen LogP contribution in [0, 0.1) is 0 Å². The van der Waals surface area contributed by atoms with Crippen molar-refractivity contribution >= 4 is 21.7 Å². The van der Waals surface area contributed by atoms with Gasteiger partial charge in [0.05, 0.1) is 12.4 Å². The Morgan fingerprint density at radius 1 is 1.29 bits per heavy atom. The zero-order chi connectivity index (χ0) is 18.0. The summed E-state index contributed by atoms with van der Waals surface area (Å²) in [6.07, 6.45) is -4.78. The zero-order valence-electron chi connectivity index (χ0n) is 12.5. The van der Waals surface area contributed by atoms with Crippen LogP contribution < -0.4 is 14.8 Å². The van der Waals surface area contributed by atoms with Crippen molar-refractivity contribution in [2.24, 2.45) is 0 Å². The Kier molecular flexibility index (Phi) is 5.23. The van der Waals surface area contributed by atoms with Crippen LogP contribution in [-0.4, -0.2) is 45.7 Å². The van der Waals surface area contributed by atoms with Gasteiger partial charge in [-0.3, -0.25) is 9.52 Å². The van der Waals surface area contributed by atoms with E-state index in [1.807, 2.05) is 0 Å². The molecular weight excluding hydrogens is 353 g/mol. The van der Waals surface area contributed by atoms with Gasteiger partial charge >= 0.3 is 12.3 Å². The van der Waals surface area contributed by atoms with Gasteiger partial charge in [0.1, 0.15) is 11.8 Å². The van der Waals surface area contributed by atoms with Crippen LogP contribution >= 0.6 is 0 Å². The molecule has 0 amide bonds. The van der Waals surface area contributed by atoms with Crippen LogP contribution in [0.25, 0.3) is 0 Å². The minimum atomic E-state index is -4.82. The van der Waals surface area contributed by atoms with E-state index in [4.69, 9.17) is 0 Å². The Bertz CT molecular complexity index is 691. The Balaban J connectivity index is 2.01. The van der Waals surface area contributed by atoms with Gasteiger partial charge in [0.25, 0.3) is 0 Å². The summed E-state index contributed by atoms with van der Waals surface area (Å²) in [5, 5.41) is 1.88. The van der Waals surface area contributed by atoms with Crippen LogP contribution in [-0.2, 0) is 19.6 Å². The number of halogens is 3. The third-order valence-electron chi connectivity index (χ3n) is 3.36. The maximum atomic E-state index is 12.3. The normalized spacial score (nSPS) is 21.3. The Morgan fingerprint density at radius 2 is 1.92 bits per heavy atom. The average molecular weight is 368 g/mol. The first kappa shape index (κ1) is 18.3. The largest absolute Gasteiger partial charge is 0.573 e. The molecule has 0 bridgehead atoms. The lowest BCUT2D eigenvalue weighted by atomic mass is 10.2. The molecule has 1 aliphatic rings. The van der Waals surface area contributed by atoms with E-state index < -0.39 is 39.4 Å². The summed E-state index contributed by atoms with van der Waals surface area (Å²) in [5.41, 5.74) is 0.0889. The second kappa shape index (κ2) is 6.85. The lowest BCUT2D eigenvalue weighted by Gasteiger charge is -2.14. The van der Waals surface area contributed by atoms with Gasteiger partial charge in [0.2, 0.25) is 10.0 Å². The molecule has 2 N–H and O–H groups in total. The molecule has 2 rings (SSSR count). The van der Waals surface area contributed by atoms with Crippen molar-refractivity contribution < 1.29 is 35.9 Å². The van der Waals surface area contributed by atoms with E-state index in [9.17, 15) is 26.4 Å². The van der Waals surface area contributed by atoms with Crippen molar-refractivity contribution in [1.82, 2.24) is 5.32 Å². The van der Waals surface area contributed by atoms with Crippen molar-refractivity contribution in [3.63, 3.8) is 0 Å². The highest BCUT2D eigenvalue weighted by Crippen LogP contribution is 2.25. The Hall–Kier alpha value is -2.01. The van der Waals surface area contributed by atoms with Crippen LogP contribution in [0.1, 0.15) is 6.42 Å². The number of esters is 1. The third-order valence-corrected chi connectivity index (χ3v) is 5.12. The highest BCUT2D eigenvalue weighted by molar-refractivity contribution is 7.93. The molecule has 2 unspecified atom stereocenters. The second-order valence-electron chi connectivity index (χ2n) is 5.06. The maximum absolute atomic E-state index is 12.3. The number of ether oxygens (including phenoxy) is 2. The summed E-state index contributed by atoms with van der Waals surface area (Å²) < 4.78 is 71.2. The van der Waals surface area contributed by atoms with Crippen LogP contribution in [0.3, 0.4) is 0 Å². The van der Waals surface area contributed by atoms with Gasteiger partial charge < -0.3 is 14.8 Å². The molecule has 11 heteroatoms. The molecule has 7 nitrogen and oxygen atoms in total. The summed E-state index contributed by atoms with van der Waals surface area (Å²) in [5.74, 6) is -1.01. The number of rotatable bonds is 5. The van der Waals surface area contributed by atoms with Gasteiger partial charge in [-0.05, 0) is 30.7 Å². The van der Waals surface area contributed by atoms with Gasteiger partial charge in [0.15, 0.2) is 0 Å². The number of carbonyl (C=O) groups is 1. The van der Waals surface area contributed by atoms with E-state index in [-0.39, 0.29) is 18.7 Å². The van der Waals surface area contributed by atoms with E-state index >= 15 is 0 Å². The van der Waals surface area contributed by atoms with Gasteiger partial charge in [-0.1, -0.05) is 0 Å². The molecule has 0 aliphatic carbocycles. The number of hydrogen-bond donors (Lipinski definition) is 2. The number of methoxy groups -OCH3 is 1. The SMILES string of the molecule is COC(=O)C1CC(S(=O)(=O)Nc2ccc(OC(F)(F)F)cc2)CN1. The maximum Gasteiger partial charge on any atom is 0.573 e. The average Bonchev–Trinajstić information content (AvgIpc) is 2.97. The smallest absolute Gasteiger partial charge is 0.468 e. The first-order valence-electron chi connectivity index (χ1n) is 6.79. The fraction of sp³-hybridized carbons (Fsp3) is 0.462. The molecule has 0 spiro atoms. The highest BCUT2D eigenvalue weighted by Gasteiger charge is 2.37. The number of alkyl halides is 3. The van der Waals surface area contributed by atoms with Crippen molar-refractivity contribution in [3.05, 3.63) is 24.3 Å². The first-order valence-corrected chi connectivity index (χ1v) is 8.34. The zero-order valence-corrected chi connectivity index (χ0v) is 13.3. The molecule has 24 heavy (non-hydrogen) atoms. The van der Waals surface area contributed by atoms with Gasteiger partial charge in [-0.15, -0.1) is 13.2 Å². The predicted molar refractivity (Wildman–Crippen MR) is 77.9 cm³/mol. The van der Waals surface area contributed by atoms with Crippen molar-refractivity contribution in [1.29, 1.82) is 0 Å². The predicted octanol–water partition coefficient (Wildman–Crippen LogP) is 1.23. The summed E-state index contributed by atoms with van der Waals surface area (Å²) in [6, 6.07) is 3.59. The van der Waals surface area contributed by atoms with E-state index in [1.165, 1.54) is 7.11 Å². The Morgan fingerprint density at radius 3 is 2.46 bits per heavy atom. The van der Waals surface area contributed by atoms with Gasteiger partial charge in [0, 0.05) is 12.2 Å². The van der Waals surface area contributed by atoms with Crippen LogP contribution in [0.15, 0.2) is 24.3 Å². The number of nitrogens with one attached hydrogen (secondary N) is 2. The highest BCUT2D eigenvalue weighted by atomic mass is 32.2. The molecule has 1 aliphatic heterocycles. The van der Waals surface area contributed by atoms with Crippen LogP contribution in [0.2, 0.25) is 0 Å². The summed E-state index contributed by atoms with van der Waals surface area (Å²) >= 11 is 0. The van der Waals surface area contributed by atoms with Crippen molar-refractivity contribution in [2.75, 3.05) is 18.4 Å². The molecule has 0 radical (unpaired) electrons. The number of anilines is 1. The topological polar surface area (TPSA) is 93.7 Å². The molecule has 134 valence electrons. The first-order chi connectivity index (χ1) is 11.1. The standard InChI is InChI=1S/C13H15F3N2O5S/c1-22-12(19)11-6-10(7-17-11)24(20,21)18-8-2-4-9(5-3-8)23-13(14,15)16/h2-5,10-11,17-18H,6-7H2,1H3. The van der Waals surface area contributed by atoms with Crippen LogP contribution in [0.5, 0.6) is 5.75 Å². The molecule has 0 saturated carbocycles. The summed E-state index contributed by atoms with van der Waals surface area (Å²) in [4.78, 5) is 11.4. The molecule has 1 fully saturated rings. The molecule has 2 atom stereocenters. The summed E-state index contributed by atoms with van der Waals surface area (Å²) in [7, 11) is -2.62. The molecule has 1 aromatic carbocycles. The number of hydrogen-bond acceptors (Lipinski definition) is 6. The Labute approximate surface area is 136 Å². The molecule has 1 heterocycles. The van der Waals surface area contributed by atoms with E-state index in [0.717, 1.165) is 24.3 Å². The monoisotopic (exact) mass is 368 g/mol. The summed E-state index contributed by atoms with van der Waals surface area (Å²) in [6.45, 7) is 0.0599. The molecule has 0 aromatic heterocycles. The third kappa shape index (κ3) is 4.74. The van der Waals surface area contributed by atoms with E-state index in [0.29, 0.717) is 0 Å². The van der Waals surface area contributed by atoms with Crippen LogP contribution in [0.4, 0.5) is 18.9 Å². The lowest BCUT2D eigenvalue weighted by Crippen LogP contribution is -2.31. The van der Waals surface area contributed by atoms with Gasteiger partial charge in [-0.25, -0.2) is 8.42 Å². The number of benzene rings is 1. The molecular formula is C13H15F3N2O5S. The molecule has 1 saturated heterocycles. The molecule has 1 aromatic rings. The minimum Gasteiger partial charge on any atom is -0.468 e. The minimum absolute atomic E-state index is 0.0390.